The summed E-state index contributed by atoms with van der Waals surface area (Å²) in [5.41, 5.74) is 0. The molecule has 1 aliphatic rings. The highest BCUT2D eigenvalue weighted by atomic mass is 32.2. The molecule has 0 radical (unpaired) electrons. The average Bonchev–Trinajstić information content (AvgIpc) is 2.90. The van der Waals surface area contributed by atoms with Crippen LogP contribution in [-0.2, 0) is 14.6 Å². The highest BCUT2D eigenvalue weighted by Crippen LogP contribution is 2.30. The number of aromatic nitrogens is 2. The van der Waals surface area contributed by atoms with Crippen molar-refractivity contribution < 1.29 is 12.9 Å². The molecular weight excluding hydrogens is 292 g/mol. The zero-order valence-electron chi connectivity index (χ0n) is 13.1. The largest absolute Gasteiger partial charge is 0.338 e. The Labute approximate surface area is 126 Å². The highest BCUT2D eigenvalue weighted by molar-refractivity contribution is 7.91. The maximum Gasteiger partial charge on any atom is 0.247 e. The molecule has 7 nitrogen and oxygen atoms in total. The number of nitrogens with zero attached hydrogens (tertiary/aromatic N) is 3. The lowest BCUT2D eigenvalue weighted by Crippen LogP contribution is -2.45. The van der Waals surface area contributed by atoms with Crippen molar-refractivity contribution in [2.45, 2.75) is 38.0 Å². The molecule has 1 N–H and O–H groups in total. The minimum Gasteiger partial charge on any atom is -0.338 e. The van der Waals surface area contributed by atoms with Crippen LogP contribution >= 0.6 is 0 Å². The number of nitrogens with one attached hydrogen (secondary N) is 1. The molecule has 8 heteroatoms. The fraction of sp³-hybridized carbons (Fsp3) is 0.846. The van der Waals surface area contributed by atoms with Gasteiger partial charge in [0, 0.05) is 32.4 Å². The van der Waals surface area contributed by atoms with Crippen LogP contribution in [0.4, 0.5) is 0 Å². The minimum absolute atomic E-state index is 0.0694. The van der Waals surface area contributed by atoms with Crippen LogP contribution in [0.2, 0.25) is 0 Å². The Morgan fingerprint density at radius 1 is 1.38 bits per heavy atom. The lowest BCUT2D eigenvalue weighted by Gasteiger charge is -2.32. The van der Waals surface area contributed by atoms with Gasteiger partial charge in [-0.05, 0) is 20.3 Å². The maximum atomic E-state index is 11.9. The predicted octanol–water partition coefficient (Wildman–Crippen LogP) is 0.706. The van der Waals surface area contributed by atoms with E-state index in [9.17, 15) is 8.42 Å². The Morgan fingerprint density at radius 2 is 2.00 bits per heavy atom. The van der Waals surface area contributed by atoms with Crippen LogP contribution in [0, 0.1) is 0 Å². The van der Waals surface area contributed by atoms with Crippen molar-refractivity contribution in [1.82, 2.24) is 20.4 Å². The molecule has 1 saturated heterocycles. The first kappa shape index (κ1) is 16.4. The third-order valence-corrected chi connectivity index (χ3v) is 6.19. The Bertz CT molecular complexity index is 576. The van der Waals surface area contributed by atoms with E-state index in [4.69, 9.17) is 4.52 Å². The van der Waals surface area contributed by atoms with Gasteiger partial charge in [0.2, 0.25) is 5.89 Å². The first-order valence-electron chi connectivity index (χ1n) is 7.26. The Hall–Kier alpha value is -0.990. The van der Waals surface area contributed by atoms with Crippen molar-refractivity contribution >= 4 is 9.84 Å². The number of hydrogen-bond acceptors (Lipinski definition) is 7. The molecule has 0 bridgehead atoms. The lowest BCUT2D eigenvalue weighted by atomic mass is 10.1. The summed E-state index contributed by atoms with van der Waals surface area (Å²) in [7, 11) is -3.32. The molecule has 1 aromatic heterocycles. The van der Waals surface area contributed by atoms with E-state index in [0.29, 0.717) is 5.82 Å². The van der Waals surface area contributed by atoms with Crippen molar-refractivity contribution in [2.75, 3.05) is 32.4 Å². The van der Waals surface area contributed by atoms with Crippen molar-refractivity contribution in [3.05, 3.63) is 11.7 Å². The second kappa shape index (κ2) is 6.02. The molecule has 2 heterocycles. The molecule has 1 atom stereocenters. The first-order chi connectivity index (χ1) is 9.77. The van der Waals surface area contributed by atoms with Gasteiger partial charge in [-0.25, -0.2) is 8.42 Å². The molecule has 1 aliphatic heterocycles. The van der Waals surface area contributed by atoms with E-state index in [2.05, 4.69) is 27.3 Å². The van der Waals surface area contributed by atoms with Crippen molar-refractivity contribution in [3.63, 3.8) is 0 Å². The summed E-state index contributed by atoms with van der Waals surface area (Å²) >= 11 is 0. The predicted molar refractivity (Wildman–Crippen MR) is 79.6 cm³/mol. The number of rotatable bonds is 5. The molecular formula is C13H24N4O3S. The fourth-order valence-electron chi connectivity index (χ4n) is 2.37. The van der Waals surface area contributed by atoms with E-state index < -0.39 is 14.6 Å². The Morgan fingerprint density at radius 3 is 2.52 bits per heavy atom. The summed E-state index contributed by atoms with van der Waals surface area (Å²) in [6.45, 7) is 8.99. The summed E-state index contributed by atoms with van der Waals surface area (Å²) < 4.78 is 27.8. The molecule has 0 amide bonds. The van der Waals surface area contributed by atoms with E-state index in [1.807, 2.05) is 0 Å². The summed E-state index contributed by atoms with van der Waals surface area (Å²) in [5.74, 6) is 0.736. The minimum atomic E-state index is -3.32. The zero-order chi connectivity index (χ0) is 15.7. The summed E-state index contributed by atoms with van der Waals surface area (Å²) in [5, 5.41) is 7.34. The van der Waals surface area contributed by atoms with E-state index in [1.165, 1.54) is 6.26 Å². The number of sulfone groups is 1. The normalized spacial score (nSPS) is 19.6. The van der Waals surface area contributed by atoms with Crippen LogP contribution in [0.25, 0.3) is 0 Å². The van der Waals surface area contributed by atoms with Crippen molar-refractivity contribution in [1.29, 1.82) is 0 Å². The van der Waals surface area contributed by atoms with Crippen LogP contribution < -0.4 is 5.32 Å². The van der Waals surface area contributed by atoms with Gasteiger partial charge in [0.25, 0.3) is 0 Å². The third-order valence-electron chi connectivity index (χ3n) is 4.16. The molecule has 1 fully saturated rings. The van der Waals surface area contributed by atoms with Gasteiger partial charge < -0.3 is 9.84 Å². The molecule has 0 saturated carbocycles. The molecule has 2 rings (SSSR count). The van der Waals surface area contributed by atoms with Gasteiger partial charge in [-0.2, -0.15) is 4.98 Å². The summed E-state index contributed by atoms with van der Waals surface area (Å²) in [6, 6.07) is 0.0694. The van der Waals surface area contributed by atoms with Gasteiger partial charge >= 0.3 is 0 Å². The monoisotopic (exact) mass is 316 g/mol. The molecule has 120 valence electrons. The summed E-state index contributed by atoms with van der Waals surface area (Å²) in [4.78, 5) is 6.68. The molecule has 0 aliphatic carbocycles. The molecule has 21 heavy (non-hydrogen) atoms. The SMILES string of the molecule is CCC(c1noc(C(C)(C)S(C)(=O)=O)n1)N1CCNCC1. The smallest absolute Gasteiger partial charge is 0.247 e. The first-order valence-corrected chi connectivity index (χ1v) is 9.15. The maximum absolute atomic E-state index is 11.9. The number of hydrogen-bond donors (Lipinski definition) is 1. The van der Waals surface area contributed by atoms with E-state index >= 15 is 0 Å². The zero-order valence-corrected chi connectivity index (χ0v) is 13.9. The second-order valence-corrected chi connectivity index (χ2v) is 8.52. The van der Waals surface area contributed by atoms with Gasteiger partial charge in [0.15, 0.2) is 15.7 Å². The van der Waals surface area contributed by atoms with E-state index in [0.717, 1.165) is 32.6 Å². The van der Waals surface area contributed by atoms with Crippen molar-refractivity contribution in [3.8, 4) is 0 Å². The van der Waals surface area contributed by atoms with Gasteiger partial charge in [-0.1, -0.05) is 12.1 Å². The van der Waals surface area contributed by atoms with Crippen LogP contribution in [0.15, 0.2) is 4.52 Å². The van der Waals surface area contributed by atoms with Gasteiger partial charge in [0.1, 0.15) is 4.75 Å². The highest BCUT2D eigenvalue weighted by Gasteiger charge is 2.39. The molecule has 1 unspecified atom stereocenters. The van der Waals surface area contributed by atoms with Crippen LogP contribution in [-0.4, -0.2) is 55.9 Å². The molecule has 0 aromatic carbocycles. The quantitative estimate of drug-likeness (QED) is 0.855. The van der Waals surface area contributed by atoms with Gasteiger partial charge in [0.05, 0.1) is 6.04 Å². The second-order valence-electron chi connectivity index (χ2n) is 5.95. The van der Waals surface area contributed by atoms with Gasteiger partial charge in [-0.15, -0.1) is 0 Å². The van der Waals surface area contributed by atoms with Crippen LogP contribution in [0.5, 0.6) is 0 Å². The fourth-order valence-corrected chi connectivity index (χ4v) is 2.77. The van der Waals surface area contributed by atoms with E-state index in [-0.39, 0.29) is 11.9 Å². The lowest BCUT2D eigenvalue weighted by molar-refractivity contribution is 0.160. The van der Waals surface area contributed by atoms with Crippen LogP contribution in [0.3, 0.4) is 0 Å². The third kappa shape index (κ3) is 3.27. The molecule has 0 spiro atoms. The standard InChI is InChI=1S/C13H24N4O3S/c1-5-10(17-8-6-14-7-9-17)11-15-12(20-16-11)13(2,3)21(4,18)19/h10,14H,5-9H2,1-4H3. The van der Waals surface area contributed by atoms with Crippen LogP contribution in [0.1, 0.15) is 44.9 Å². The Balaban J connectivity index is 2.25. The van der Waals surface area contributed by atoms with Crippen molar-refractivity contribution in [2.24, 2.45) is 0 Å². The number of piperazine rings is 1. The molecule has 1 aromatic rings. The van der Waals surface area contributed by atoms with Gasteiger partial charge in [-0.3, -0.25) is 4.90 Å². The summed E-state index contributed by atoms with van der Waals surface area (Å²) in [6.07, 6.45) is 2.04. The topological polar surface area (TPSA) is 88.3 Å². The Kier molecular flexibility index (Phi) is 4.69. The van der Waals surface area contributed by atoms with E-state index in [1.54, 1.807) is 13.8 Å². The average molecular weight is 316 g/mol.